The number of hydrogen-bond donors (Lipinski definition) is 0. The lowest BCUT2D eigenvalue weighted by atomic mass is 9.80. The topological polar surface area (TPSA) is 0 Å². The second kappa shape index (κ2) is 3.62. The first-order valence-electron chi connectivity index (χ1n) is 8.74. The summed E-state index contributed by atoms with van der Waals surface area (Å²) in [5.41, 5.74) is 2.99. The van der Waals surface area contributed by atoms with Crippen molar-refractivity contribution in [2.24, 2.45) is 0 Å². The Balaban J connectivity index is 2.09. The zero-order valence-electron chi connectivity index (χ0n) is 13.2. The predicted molar refractivity (Wildman–Crippen MR) is 103 cm³/mol. The van der Waals surface area contributed by atoms with Crippen molar-refractivity contribution in [2.45, 2.75) is 12.8 Å². The van der Waals surface area contributed by atoms with Gasteiger partial charge in [-0.1, -0.05) is 60.7 Å². The van der Waals surface area contributed by atoms with Crippen molar-refractivity contribution in [3.8, 4) is 0 Å². The van der Waals surface area contributed by atoms with Crippen molar-refractivity contribution in [3.63, 3.8) is 0 Å². The van der Waals surface area contributed by atoms with E-state index in [0.717, 1.165) is 12.8 Å². The van der Waals surface area contributed by atoms with Gasteiger partial charge in [0.05, 0.1) is 0 Å². The molecule has 2 aliphatic rings. The first-order chi connectivity index (χ1) is 11.9. The lowest BCUT2D eigenvalue weighted by Gasteiger charge is -2.23. The number of benzene rings is 5. The van der Waals surface area contributed by atoms with Crippen molar-refractivity contribution in [3.05, 3.63) is 70.1 Å². The second-order valence-electron chi connectivity index (χ2n) is 7.27. The highest BCUT2D eigenvalue weighted by molar-refractivity contribution is 6.35. The van der Waals surface area contributed by atoms with Gasteiger partial charge in [0.2, 0.25) is 0 Å². The summed E-state index contributed by atoms with van der Waals surface area (Å²) in [7, 11) is 0. The van der Waals surface area contributed by atoms with Gasteiger partial charge in [-0.25, -0.2) is 0 Å². The third-order valence-corrected chi connectivity index (χ3v) is 6.19. The molecule has 5 aromatic carbocycles. The van der Waals surface area contributed by atoms with Gasteiger partial charge in [-0.15, -0.1) is 0 Å². The van der Waals surface area contributed by atoms with Crippen LogP contribution in [0, 0.1) is 0 Å². The van der Waals surface area contributed by atoms with Crippen molar-refractivity contribution in [2.75, 3.05) is 0 Å². The third-order valence-electron chi connectivity index (χ3n) is 6.19. The first-order valence-corrected chi connectivity index (χ1v) is 8.74. The van der Waals surface area contributed by atoms with E-state index in [1.54, 1.807) is 0 Å². The maximum atomic E-state index is 2.41. The Bertz CT molecular complexity index is 1370. The summed E-state index contributed by atoms with van der Waals surface area (Å²) in [6.45, 7) is 0. The van der Waals surface area contributed by atoms with Crippen LogP contribution in [0.15, 0.2) is 48.5 Å². The van der Waals surface area contributed by atoms with Crippen LogP contribution in [-0.4, -0.2) is 0 Å². The molecule has 0 heteroatoms. The summed E-state index contributed by atoms with van der Waals surface area (Å²) in [4.78, 5) is 0. The maximum Gasteiger partial charge on any atom is -0.00141 e. The Morgan fingerprint density at radius 2 is 0.875 bits per heavy atom. The van der Waals surface area contributed by atoms with Gasteiger partial charge in [0.15, 0.2) is 0 Å². The Kier molecular flexibility index (Phi) is 1.76. The van der Waals surface area contributed by atoms with Crippen LogP contribution < -0.4 is 10.4 Å². The zero-order valence-corrected chi connectivity index (χ0v) is 13.2. The molecule has 0 aliphatic heterocycles. The summed E-state index contributed by atoms with van der Waals surface area (Å²) in [5.74, 6) is 0. The monoisotopic (exact) mass is 302 g/mol. The Labute approximate surface area is 138 Å². The van der Waals surface area contributed by atoms with Crippen LogP contribution in [0.25, 0.3) is 55.2 Å². The van der Waals surface area contributed by atoms with Crippen LogP contribution in [0.3, 0.4) is 0 Å². The molecule has 0 spiro atoms. The molecule has 0 nitrogen and oxygen atoms in total. The van der Waals surface area contributed by atoms with Crippen LogP contribution in [0.1, 0.15) is 11.1 Å². The molecule has 7 rings (SSSR count). The molecule has 0 heterocycles. The molecule has 0 unspecified atom stereocenters. The van der Waals surface area contributed by atoms with Crippen molar-refractivity contribution in [1.82, 2.24) is 0 Å². The minimum atomic E-state index is 1.05. The van der Waals surface area contributed by atoms with E-state index < -0.39 is 0 Å². The van der Waals surface area contributed by atoms with Crippen LogP contribution in [-0.2, 0) is 12.8 Å². The van der Waals surface area contributed by atoms with E-state index in [1.807, 2.05) is 0 Å². The third kappa shape index (κ3) is 1.12. The van der Waals surface area contributed by atoms with Crippen LogP contribution in [0.5, 0.6) is 0 Å². The van der Waals surface area contributed by atoms with E-state index in [-0.39, 0.29) is 0 Å². The minimum absolute atomic E-state index is 1.05. The lowest BCUT2D eigenvalue weighted by molar-refractivity contribution is 1.30. The van der Waals surface area contributed by atoms with Crippen molar-refractivity contribution >= 4 is 55.2 Å². The summed E-state index contributed by atoms with van der Waals surface area (Å²) in [6.07, 6.45) is 6.93. The Morgan fingerprint density at radius 3 is 1.38 bits per heavy atom. The van der Waals surface area contributed by atoms with E-state index in [9.17, 15) is 0 Å². The van der Waals surface area contributed by atoms with Gasteiger partial charge >= 0.3 is 0 Å². The predicted octanol–water partition coefficient (Wildman–Crippen LogP) is 4.41. The highest BCUT2D eigenvalue weighted by Gasteiger charge is 2.21. The smallest absolute Gasteiger partial charge is 0.00141 e. The molecule has 0 bridgehead atoms. The average Bonchev–Trinajstić information content (AvgIpc) is 2.65. The minimum Gasteiger partial charge on any atom is -0.0722 e. The van der Waals surface area contributed by atoms with Gasteiger partial charge in [0, 0.05) is 0 Å². The van der Waals surface area contributed by atoms with Gasteiger partial charge in [0.25, 0.3) is 0 Å². The van der Waals surface area contributed by atoms with Crippen molar-refractivity contribution in [1.29, 1.82) is 0 Å². The van der Waals surface area contributed by atoms with E-state index in [1.165, 1.54) is 64.7 Å². The summed E-state index contributed by atoms with van der Waals surface area (Å²) >= 11 is 0. The highest BCUT2D eigenvalue weighted by atomic mass is 14.2. The molecule has 110 valence electrons. The van der Waals surface area contributed by atoms with Crippen LogP contribution in [0.4, 0.5) is 0 Å². The van der Waals surface area contributed by atoms with E-state index in [0.29, 0.717) is 0 Å². The summed E-state index contributed by atoms with van der Waals surface area (Å²) in [6, 6.07) is 18.5. The number of rotatable bonds is 0. The Morgan fingerprint density at radius 1 is 0.417 bits per heavy atom. The van der Waals surface area contributed by atoms with Crippen molar-refractivity contribution < 1.29 is 0 Å². The fourth-order valence-corrected chi connectivity index (χ4v) is 5.18. The second-order valence-corrected chi connectivity index (χ2v) is 7.27. The molecule has 0 amide bonds. The zero-order chi connectivity index (χ0) is 15.4. The van der Waals surface area contributed by atoms with Crippen LogP contribution >= 0.6 is 0 Å². The molecule has 2 aliphatic carbocycles. The number of hydrogen-bond acceptors (Lipinski definition) is 0. The fourth-order valence-electron chi connectivity index (χ4n) is 5.18. The van der Waals surface area contributed by atoms with E-state index >= 15 is 0 Å². The largest absolute Gasteiger partial charge is 0.0722 e. The van der Waals surface area contributed by atoms with Gasteiger partial charge in [0.1, 0.15) is 0 Å². The summed E-state index contributed by atoms with van der Waals surface area (Å²) in [5, 5.41) is 14.5. The molecular formula is C24H14. The molecule has 0 fully saturated rings. The molecule has 0 saturated heterocycles. The lowest BCUT2D eigenvalue weighted by Crippen LogP contribution is -2.14. The van der Waals surface area contributed by atoms with E-state index in [4.69, 9.17) is 0 Å². The standard InChI is InChI=1S/C24H14/c1-2-14-5-6-16-9-11-18-12-10-17-8-7-15-4-3-13(1)19-20(14)22(16)24(18)23(17)21(15)19/h1-7,9-10,12H,8,11H2. The van der Waals surface area contributed by atoms with Gasteiger partial charge in [-0.3, -0.25) is 0 Å². The van der Waals surface area contributed by atoms with Gasteiger partial charge < -0.3 is 0 Å². The molecule has 0 saturated carbocycles. The molecular weight excluding hydrogens is 288 g/mol. The molecule has 0 atom stereocenters. The quantitative estimate of drug-likeness (QED) is 0.294. The molecule has 0 radical (unpaired) electrons. The normalized spacial score (nSPS) is 15.0. The van der Waals surface area contributed by atoms with Crippen LogP contribution in [0.2, 0.25) is 0 Å². The Hall–Kier alpha value is -2.86. The molecule has 0 N–H and O–H groups in total. The van der Waals surface area contributed by atoms with Gasteiger partial charge in [-0.2, -0.15) is 0 Å². The molecule has 0 aromatic heterocycles. The summed E-state index contributed by atoms with van der Waals surface area (Å²) < 4.78 is 0. The average molecular weight is 302 g/mol. The molecule has 5 aromatic rings. The molecule has 24 heavy (non-hydrogen) atoms. The van der Waals surface area contributed by atoms with E-state index in [2.05, 4.69) is 60.7 Å². The maximum absolute atomic E-state index is 2.41. The fraction of sp³-hybridized carbons (Fsp3) is 0.0833. The first kappa shape index (κ1) is 11.6. The SMILES string of the molecule is C1=c2ccc3ccc4ccc5c6c7c(ccc(c7c2c3c46)C1)CC=5. The highest BCUT2D eigenvalue weighted by Crippen LogP contribution is 2.42. The van der Waals surface area contributed by atoms with Gasteiger partial charge in [-0.05, 0) is 77.5 Å².